The summed E-state index contributed by atoms with van der Waals surface area (Å²) in [7, 11) is 0. The second kappa shape index (κ2) is 6.54. The average molecular weight is 335 g/mol. The van der Waals surface area contributed by atoms with Crippen LogP contribution in [0, 0.1) is 0 Å². The van der Waals surface area contributed by atoms with Crippen molar-refractivity contribution in [3.05, 3.63) is 35.0 Å². The monoisotopic (exact) mass is 334 g/mol. The molecule has 1 aromatic heterocycles. The predicted octanol–water partition coefficient (Wildman–Crippen LogP) is 4.08. The highest BCUT2D eigenvalue weighted by molar-refractivity contribution is 6.31. The van der Waals surface area contributed by atoms with Crippen LogP contribution >= 0.6 is 11.6 Å². The van der Waals surface area contributed by atoms with Gasteiger partial charge in [-0.15, -0.1) is 0 Å². The normalized spacial score (nSPS) is 16.7. The van der Waals surface area contributed by atoms with Crippen LogP contribution in [0.15, 0.2) is 28.7 Å². The number of piperidine rings is 1. The van der Waals surface area contributed by atoms with Crippen molar-refractivity contribution >= 4 is 28.5 Å². The molecule has 1 aliphatic heterocycles. The zero-order valence-electron chi connectivity index (χ0n) is 13.7. The van der Waals surface area contributed by atoms with Crippen molar-refractivity contribution in [2.75, 3.05) is 19.6 Å². The summed E-state index contributed by atoms with van der Waals surface area (Å²) >= 11 is 5.97. The summed E-state index contributed by atoms with van der Waals surface area (Å²) in [6, 6.07) is 7.09. The van der Waals surface area contributed by atoms with Gasteiger partial charge in [0.1, 0.15) is 5.58 Å². The molecule has 23 heavy (non-hydrogen) atoms. The number of carbonyl (C=O) groups excluding carboxylic acids is 1. The number of benzene rings is 1. The van der Waals surface area contributed by atoms with Gasteiger partial charge in [-0.3, -0.25) is 4.79 Å². The van der Waals surface area contributed by atoms with Crippen LogP contribution in [0.5, 0.6) is 0 Å². The second-order valence-electron chi connectivity index (χ2n) is 6.97. The number of nitrogens with zero attached hydrogens (tertiary/aromatic N) is 1. The molecule has 2 aromatic rings. The SMILES string of the molecule is CC(C)(CN1CCCCC1)NC(=O)c1cc2cc(Cl)ccc2o1. The van der Waals surface area contributed by atoms with Gasteiger partial charge < -0.3 is 14.6 Å². The van der Waals surface area contributed by atoms with Gasteiger partial charge in [0.2, 0.25) is 0 Å². The van der Waals surface area contributed by atoms with Crippen LogP contribution in [-0.4, -0.2) is 36.0 Å². The summed E-state index contributed by atoms with van der Waals surface area (Å²) in [5, 5.41) is 4.57. The molecule has 3 rings (SSSR count). The molecule has 0 unspecified atom stereocenters. The Bertz CT molecular complexity index is 702. The maximum atomic E-state index is 12.5. The van der Waals surface area contributed by atoms with E-state index in [1.165, 1.54) is 19.3 Å². The van der Waals surface area contributed by atoms with Crippen molar-refractivity contribution in [2.45, 2.75) is 38.6 Å². The third-order valence-corrected chi connectivity index (χ3v) is 4.46. The fourth-order valence-electron chi connectivity index (χ4n) is 3.21. The van der Waals surface area contributed by atoms with E-state index in [-0.39, 0.29) is 11.4 Å². The molecule has 1 fully saturated rings. The van der Waals surface area contributed by atoms with Crippen LogP contribution in [-0.2, 0) is 0 Å². The van der Waals surface area contributed by atoms with Gasteiger partial charge >= 0.3 is 0 Å². The van der Waals surface area contributed by atoms with E-state index in [1.807, 2.05) is 0 Å². The number of nitrogens with one attached hydrogen (secondary N) is 1. The standard InChI is InChI=1S/C18H23ClN2O2/c1-18(2,12-21-8-4-3-5-9-21)20-17(22)16-11-13-10-14(19)6-7-15(13)23-16/h6-7,10-11H,3-5,8-9,12H2,1-2H3,(H,20,22). The molecule has 0 bridgehead atoms. The maximum Gasteiger partial charge on any atom is 0.287 e. The van der Waals surface area contributed by atoms with Crippen molar-refractivity contribution < 1.29 is 9.21 Å². The van der Waals surface area contributed by atoms with E-state index in [1.54, 1.807) is 24.3 Å². The smallest absolute Gasteiger partial charge is 0.287 e. The lowest BCUT2D eigenvalue weighted by Crippen LogP contribution is -2.52. The first-order chi connectivity index (χ1) is 10.9. The second-order valence-corrected chi connectivity index (χ2v) is 7.40. The summed E-state index contributed by atoms with van der Waals surface area (Å²) in [5.41, 5.74) is 0.374. The fourth-order valence-corrected chi connectivity index (χ4v) is 3.39. The Balaban J connectivity index is 1.68. The first-order valence-corrected chi connectivity index (χ1v) is 8.55. The van der Waals surface area contributed by atoms with E-state index in [2.05, 4.69) is 24.1 Å². The minimum Gasteiger partial charge on any atom is -0.451 e. The Kier molecular flexibility index (Phi) is 4.64. The van der Waals surface area contributed by atoms with Crippen LogP contribution in [0.1, 0.15) is 43.7 Å². The largest absolute Gasteiger partial charge is 0.451 e. The van der Waals surface area contributed by atoms with Gasteiger partial charge in [-0.1, -0.05) is 18.0 Å². The Morgan fingerprint density at radius 3 is 2.74 bits per heavy atom. The molecule has 0 spiro atoms. The lowest BCUT2D eigenvalue weighted by atomic mass is 10.0. The van der Waals surface area contributed by atoms with E-state index in [4.69, 9.17) is 16.0 Å². The van der Waals surface area contributed by atoms with E-state index in [9.17, 15) is 4.79 Å². The average Bonchev–Trinajstić information content (AvgIpc) is 2.90. The van der Waals surface area contributed by atoms with Gasteiger partial charge in [0.15, 0.2) is 5.76 Å². The van der Waals surface area contributed by atoms with E-state index in [0.29, 0.717) is 16.4 Å². The van der Waals surface area contributed by atoms with Crippen LogP contribution in [0.3, 0.4) is 0 Å². The molecule has 1 aliphatic rings. The predicted molar refractivity (Wildman–Crippen MR) is 93.1 cm³/mol. The molecule has 0 aliphatic carbocycles. The zero-order valence-corrected chi connectivity index (χ0v) is 14.4. The number of hydrogen-bond donors (Lipinski definition) is 1. The number of rotatable bonds is 4. The summed E-state index contributed by atoms with van der Waals surface area (Å²) in [5.74, 6) is 0.147. The molecule has 1 amide bonds. The number of amides is 1. The number of fused-ring (bicyclic) bond motifs is 1. The fraction of sp³-hybridized carbons (Fsp3) is 0.500. The molecule has 4 nitrogen and oxygen atoms in total. The van der Waals surface area contributed by atoms with Gasteiger partial charge in [0.25, 0.3) is 5.91 Å². The number of likely N-dealkylation sites (tertiary alicyclic amines) is 1. The van der Waals surface area contributed by atoms with Crippen molar-refractivity contribution in [2.24, 2.45) is 0 Å². The number of furan rings is 1. The van der Waals surface area contributed by atoms with Gasteiger partial charge in [-0.2, -0.15) is 0 Å². The first kappa shape index (κ1) is 16.3. The molecule has 0 radical (unpaired) electrons. The van der Waals surface area contributed by atoms with Crippen molar-refractivity contribution in [1.29, 1.82) is 0 Å². The summed E-state index contributed by atoms with van der Waals surface area (Å²) in [4.78, 5) is 14.9. The van der Waals surface area contributed by atoms with E-state index < -0.39 is 0 Å². The van der Waals surface area contributed by atoms with Crippen molar-refractivity contribution in [3.63, 3.8) is 0 Å². The van der Waals surface area contributed by atoms with Gasteiger partial charge in [0, 0.05) is 22.5 Å². The van der Waals surface area contributed by atoms with Crippen LogP contribution in [0.2, 0.25) is 5.02 Å². The molecule has 1 aromatic carbocycles. The molecule has 2 heterocycles. The van der Waals surface area contributed by atoms with Crippen LogP contribution in [0.25, 0.3) is 11.0 Å². The highest BCUT2D eigenvalue weighted by Gasteiger charge is 2.26. The summed E-state index contributed by atoms with van der Waals surface area (Å²) < 4.78 is 5.64. The molecule has 5 heteroatoms. The van der Waals surface area contributed by atoms with Crippen LogP contribution < -0.4 is 5.32 Å². The van der Waals surface area contributed by atoms with Crippen LogP contribution in [0.4, 0.5) is 0 Å². The molecular formula is C18H23ClN2O2. The molecular weight excluding hydrogens is 312 g/mol. The third-order valence-electron chi connectivity index (χ3n) is 4.22. The molecule has 0 saturated carbocycles. The quantitative estimate of drug-likeness (QED) is 0.916. The maximum absolute atomic E-state index is 12.5. The first-order valence-electron chi connectivity index (χ1n) is 8.17. The number of halogens is 1. The highest BCUT2D eigenvalue weighted by atomic mass is 35.5. The van der Waals surface area contributed by atoms with Gasteiger partial charge in [-0.05, 0) is 64.0 Å². The van der Waals surface area contributed by atoms with Crippen molar-refractivity contribution in [3.8, 4) is 0 Å². The molecule has 0 atom stereocenters. The zero-order chi connectivity index (χ0) is 16.4. The Hall–Kier alpha value is -1.52. The molecule has 1 N–H and O–H groups in total. The highest BCUT2D eigenvalue weighted by Crippen LogP contribution is 2.23. The number of hydrogen-bond acceptors (Lipinski definition) is 3. The Labute approximate surface area is 141 Å². The minimum atomic E-state index is -0.301. The van der Waals surface area contributed by atoms with Gasteiger partial charge in [0.05, 0.1) is 0 Å². The lowest BCUT2D eigenvalue weighted by molar-refractivity contribution is 0.0852. The number of carbonyl (C=O) groups is 1. The van der Waals surface area contributed by atoms with Gasteiger partial charge in [-0.25, -0.2) is 0 Å². The molecule has 1 saturated heterocycles. The van der Waals surface area contributed by atoms with E-state index >= 15 is 0 Å². The summed E-state index contributed by atoms with van der Waals surface area (Å²) in [6.45, 7) is 7.19. The Morgan fingerprint density at radius 1 is 1.26 bits per heavy atom. The lowest BCUT2D eigenvalue weighted by Gasteiger charge is -2.35. The Morgan fingerprint density at radius 2 is 2.00 bits per heavy atom. The topological polar surface area (TPSA) is 45.5 Å². The third kappa shape index (κ3) is 4.06. The molecule has 124 valence electrons. The summed E-state index contributed by atoms with van der Waals surface area (Å²) in [6.07, 6.45) is 3.80. The van der Waals surface area contributed by atoms with E-state index in [0.717, 1.165) is 25.0 Å². The van der Waals surface area contributed by atoms with Crippen molar-refractivity contribution in [1.82, 2.24) is 10.2 Å². The minimum absolute atomic E-state index is 0.181.